The van der Waals surface area contributed by atoms with Crippen molar-refractivity contribution in [3.8, 4) is 0 Å². The smallest absolute Gasteiger partial charge is 0.748 e. The van der Waals surface area contributed by atoms with Gasteiger partial charge in [0.05, 0.1) is 22.5 Å². The minimum Gasteiger partial charge on any atom is -0.748 e. The third kappa shape index (κ3) is 4.35. The molecule has 0 aliphatic carbocycles. The molecule has 17 heavy (non-hydrogen) atoms. The first-order chi connectivity index (χ1) is 7.56. The summed E-state index contributed by atoms with van der Waals surface area (Å²) in [5.41, 5.74) is 1.53. The summed E-state index contributed by atoms with van der Waals surface area (Å²) < 4.78 is 37.6. The molecule has 1 atom stereocenters. The van der Waals surface area contributed by atoms with Gasteiger partial charge in [0, 0.05) is 12.5 Å². The van der Waals surface area contributed by atoms with Crippen LogP contribution in [0.5, 0.6) is 0 Å². The number of rotatable bonds is 3. The second-order valence-corrected chi connectivity index (χ2v) is 5.37. The largest absolute Gasteiger partial charge is 1.00 e. The Hall–Kier alpha value is 0.0900. The first kappa shape index (κ1) is 15.1. The molecular weight excluding hydrogens is 251 g/mol. The molecule has 1 aromatic carbocycles. The summed E-state index contributed by atoms with van der Waals surface area (Å²) >= 11 is 0. The number of hydrogen-bond donors (Lipinski definition) is 0. The van der Waals surface area contributed by atoms with Gasteiger partial charge in [-0.05, 0) is 17.5 Å². The van der Waals surface area contributed by atoms with Crippen LogP contribution in [0.2, 0.25) is 0 Å². The van der Waals surface area contributed by atoms with Crippen LogP contribution in [0, 0.1) is 0 Å². The van der Waals surface area contributed by atoms with Crippen LogP contribution < -0.4 is 29.6 Å². The maximum absolute atomic E-state index is 10.8. The summed E-state index contributed by atoms with van der Waals surface area (Å²) in [6, 6.07) is 7.18. The summed E-state index contributed by atoms with van der Waals surface area (Å²) in [5, 5.41) is 0. The van der Waals surface area contributed by atoms with Gasteiger partial charge in [-0.3, -0.25) is 0 Å². The minimum atomic E-state index is -4.22. The maximum atomic E-state index is 10.8. The van der Waals surface area contributed by atoms with Gasteiger partial charge in [-0.1, -0.05) is 24.3 Å². The van der Waals surface area contributed by atoms with E-state index in [1.54, 1.807) is 12.1 Å². The van der Waals surface area contributed by atoms with Crippen LogP contribution in [0.15, 0.2) is 24.3 Å². The van der Waals surface area contributed by atoms with Crippen molar-refractivity contribution in [3.05, 3.63) is 35.4 Å². The Morgan fingerprint density at radius 3 is 2.65 bits per heavy atom. The van der Waals surface area contributed by atoms with Gasteiger partial charge in [-0.25, -0.2) is 8.42 Å². The van der Waals surface area contributed by atoms with E-state index in [-0.39, 0.29) is 35.5 Å². The molecule has 4 nitrogen and oxygen atoms in total. The molecule has 1 fully saturated rings. The van der Waals surface area contributed by atoms with Crippen molar-refractivity contribution in [3.63, 3.8) is 0 Å². The topological polar surface area (TPSA) is 66.4 Å². The van der Waals surface area contributed by atoms with E-state index in [1.165, 1.54) is 0 Å². The van der Waals surface area contributed by atoms with Gasteiger partial charge in [0.2, 0.25) is 0 Å². The van der Waals surface area contributed by atoms with Gasteiger partial charge in [-0.15, -0.1) is 0 Å². The van der Waals surface area contributed by atoms with Crippen LogP contribution in [0.3, 0.4) is 0 Å². The van der Waals surface area contributed by atoms with E-state index in [9.17, 15) is 13.0 Å². The van der Waals surface area contributed by atoms with Crippen LogP contribution in [0.25, 0.3) is 0 Å². The van der Waals surface area contributed by atoms with Crippen LogP contribution in [0.1, 0.15) is 23.5 Å². The third-order valence-corrected chi connectivity index (χ3v) is 3.42. The van der Waals surface area contributed by atoms with Crippen molar-refractivity contribution in [2.45, 2.75) is 18.1 Å². The van der Waals surface area contributed by atoms with Crippen LogP contribution in [-0.2, 0) is 20.6 Å². The van der Waals surface area contributed by atoms with Gasteiger partial charge in [0.15, 0.2) is 0 Å². The molecule has 0 N–H and O–H groups in total. The Morgan fingerprint density at radius 1 is 1.35 bits per heavy atom. The summed E-state index contributed by atoms with van der Waals surface area (Å²) in [6.45, 7) is 1.30. The quantitative estimate of drug-likeness (QED) is 0.479. The number of benzene rings is 1. The molecule has 1 heterocycles. The first-order valence-electron chi connectivity index (χ1n) is 5.15. The van der Waals surface area contributed by atoms with Crippen molar-refractivity contribution in [1.82, 2.24) is 0 Å². The third-order valence-electron chi connectivity index (χ3n) is 2.76. The monoisotopic (exact) mass is 264 g/mol. The molecule has 0 aromatic heterocycles. The number of ether oxygens (including phenoxy) is 1. The molecule has 0 bridgehead atoms. The zero-order chi connectivity index (χ0) is 11.6. The molecule has 1 saturated heterocycles. The van der Waals surface area contributed by atoms with Crippen LogP contribution >= 0.6 is 0 Å². The van der Waals surface area contributed by atoms with Gasteiger partial charge in [0.1, 0.15) is 0 Å². The first-order valence-corrected chi connectivity index (χ1v) is 6.73. The second-order valence-electron chi connectivity index (χ2n) is 3.96. The van der Waals surface area contributed by atoms with E-state index in [2.05, 4.69) is 0 Å². The number of hydrogen-bond acceptors (Lipinski definition) is 4. The van der Waals surface area contributed by atoms with E-state index >= 15 is 0 Å². The SMILES string of the molecule is O=S(=O)([O-])Cc1ccccc1C1CCOC1.[Na+]. The summed E-state index contributed by atoms with van der Waals surface area (Å²) in [6.07, 6.45) is 0.885. The fourth-order valence-electron chi connectivity index (χ4n) is 2.03. The molecule has 1 unspecified atom stereocenters. The Labute approximate surface area is 123 Å². The molecule has 1 aromatic rings. The van der Waals surface area contributed by atoms with E-state index < -0.39 is 15.9 Å². The van der Waals surface area contributed by atoms with Crippen molar-refractivity contribution in [2.75, 3.05) is 13.2 Å². The van der Waals surface area contributed by atoms with Gasteiger partial charge < -0.3 is 9.29 Å². The molecule has 2 rings (SSSR count). The van der Waals surface area contributed by atoms with Crippen LogP contribution in [0.4, 0.5) is 0 Å². The van der Waals surface area contributed by atoms with E-state index in [0.717, 1.165) is 12.0 Å². The predicted molar refractivity (Wildman–Crippen MR) is 58.0 cm³/mol. The normalized spacial score (nSPS) is 19.9. The van der Waals surface area contributed by atoms with Crippen molar-refractivity contribution in [1.29, 1.82) is 0 Å². The zero-order valence-electron chi connectivity index (χ0n) is 9.76. The van der Waals surface area contributed by atoms with E-state index in [4.69, 9.17) is 4.74 Å². The Balaban J connectivity index is 0.00000144. The maximum Gasteiger partial charge on any atom is 1.00 e. The molecule has 0 amide bonds. The minimum absolute atomic E-state index is 0. The van der Waals surface area contributed by atoms with Gasteiger partial charge in [0.25, 0.3) is 0 Å². The summed E-state index contributed by atoms with van der Waals surface area (Å²) in [7, 11) is -4.22. The Kier molecular flexibility index (Phi) is 5.63. The molecule has 0 spiro atoms. The van der Waals surface area contributed by atoms with Crippen LogP contribution in [-0.4, -0.2) is 26.2 Å². The molecule has 0 saturated carbocycles. The van der Waals surface area contributed by atoms with Crippen molar-refractivity contribution in [2.24, 2.45) is 0 Å². The van der Waals surface area contributed by atoms with Gasteiger partial charge >= 0.3 is 29.6 Å². The van der Waals surface area contributed by atoms with E-state index in [0.29, 0.717) is 18.8 Å². The van der Waals surface area contributed by atoms with Crippen molar-refractivity contribution < 1.29 is 47.3 Å². The van der Waals surface area contributed by atoms with E-state index in [1.807, 2.05) is 12.1 Å². The fourth-order valence-corrected chi connectivity index (χ4v) is 2.68. The summed E-state index contributed by atoms with van der Waals surface area (Å²) in [5.74, 6) is -0.211. The molecule has 6 heteroatoms. The second kappa shape index (κ2) is 6.31. The van der Waals surface area contributed by atoms with Gasteiger partial charge in [-0.2, -0.15) is 0 Å². The fraction of sp³-hybridized carbons (Fsp3) is 0.455. The molecule has 88 valence electrons. The average Bonchev–Trinajstić information content (AvgIpc) is 2.69. The Morgan fingerprint density at radius 2 is 2.06 bits per heavy atom. The average molecular weight is 264 g/mol. The standard InChI is InChI=1S/C11H14O4S.Na/c12-16(13,14)8-10-3-1-2-4-11(10)9-5-6-15-7-9;/h1-4,9H,5-8H2,(H,12,13,14);/q;+1/p-1. The zero-order valence-corrected chi connectivity index (χ0v) is 12.6. The molecule has 0 radical (unpaired) electrons. The predicted octanol–water partition coefficient (Wildman–Crippen LogP) is -1.76. The Bertz CT molecular complexity index is 466. The summed E-state index contributed by atoms with van der Waals surface area (Å²) in [4.78, 5) is 0. The molecule has 1 aliphatic rings. The molecule has 1 aliphatic heterocycles. The van der Waals surface area contributed by atoms with Crippen molar-refractivity contribution >= 4 is 10.1 Å². The molecular formula is C11H13NaO4S.